The number of hydrogen-bond acceptors (Lipinski definition) is 6. The number of carbonyl (C=O) groups is 1. The summed E-state index contributed by atoms with van der Waals surface area (Å²) >= 11 is 0. The lowest BCUT2D eigenvalue weighted by Gasteiger charge is -2.27. The Bertz CT molecular complexity index is 1180. The predicted octanol–water partition coefficient (Wildman–Crippen LogP) is 4.88. The molecular weight excluding hydrogens is 477 g/mol. The first-order valence-corrected chi connectivity index (χ1v) is 11.0. The van der Waals surface area contributed by atoms with Crippen LogP contribution in [0.2, 0.25) is 0 Å². The number of methoxy groups -OCH3 is 1. The van der Waals surface area contributed by atoms with Crippen molar-refractivity contribution in [1.29, 1.82) is 0 Å². The van der Waals surface area contributed by atoms with Crippen LogP contribution in [0.4, 0.5) is 27.8 Å². The van der Waals surface area contributed by atoms with Gasteiger partial charge in [-0.15, -0.1) is 0 Å². The number of carbonyl (C=O) groups excluding carboxylic acids is 1. The molecular formula is C23H26F5N3O4. The smallest absolute Gasteiger partial charge is 0.433 e. The number of rotatable bonds is 5. The molecule has 7 nitrogen and oxygen atoms in total. The fourth-order valence-electron chi connectivity index (χ4n) is 4.14. The van der Waals surface area contributed by atoms with E-state index in [9.17, 15) is 31.5 Å². The van der Waals surface area contributed by atoms with Crippen molar-refractivity contribution < 1.29 is 36.2 Å². The molecule has 0 aromatic carbocycles. The second-order valence-electron chi connectivity index (χ2n) is 8.30. The molecule has 1 fully saturated rings. The van der Waals surface area contributed by atoms with E-state index in [0.29, 0.717) is 0 Å². The first-order valence-electron chi connectivity index (χ1n) is 11.0. The number of nitrogens with zero attached hydrogens (tertiary/aromatic N) is 2. The molecule has 0 radical (unpaired) electrons. The van der Waals surface area contributed by atoms with E-state index in [1.54, 1.807) is 0 Å². The van der Waals surface area contributed by atoms with Gasteiger partial charge in [0.15, 0.2) is 5.75 Å². The molecule has 12 heteroatoms. The zero-order chi connectivity index (χ0) is 26.1. The van der Waals surface area contributed by atoms with Gasteiger partial charge in [0.1, 0.15) is 17.1 Å². The fourth-order valence-corrected chi connectivity index (χ4v) is 4.14. The highest BCUT2D eigenvalue weighted by Gasteiger charge is 2.38. The summed E-state index contributed by atoms with van der Waals surface area (Å²) in [5, 5.41) is 0. The highest BCUT2D eigenvalue weighted by molar-refractivity contribution is 5.98. The first kappa shape index (κ1) is 26.4. The summed E-state index contributed by atoms with van der Waals surface area (Å²) in [6.45, 7) is 3.91. The van der Waals surface area contributed by atoms with Gasteiger partial charge in [-0.2, -0.15) is 13.2 Å². The second kappa shape index (κ2) is 9.82. The van der Waals surface area contributed by atoms with E-state index in [0.717, 1.165) is 6.07 Å². The summed E-state index contributed by atoms with van der Waals surface area (Å²) in [6.07, 6.45) is -5.78. The van der Waals surface area contributed by atoms with E-state index < -0.39 is 47.6 Å². The Hall–Kier alpha value is -3.18. The minimum absolute atomic E-state index is 0.00776. The largest absolute Gasteiger partial charge is 0.491 e. The molecule has 35 heavy (non-hydrogen) atoms. The van der Waals surface area contributed by atoms with Crippen LogP contribution in [0.25, 0.3) is 11.3 Å². The first-order chi connectivity index (χ1) is 16.3. The fraction of sp³-hybridized carbons (Fsp3) is 0.522. The van der Waals surface area contributed by atoms with E-state index in [1.165, 1.54) is 32.8 Å². The molecule has 3 rings (SSSR count). The van der Waals surface area contributed by atoms with Crippen molar-refractivity contribution in [1.82, 2.24) is 9.97 Å². The molecule has 1 aliphatic heterocycles. The predicted molar refractivity (Wildman–Crippen MR) is 118 cm³/mol. The summed E-state index contributed by atoms with van der Waals surface area (Å²) in [5.74, 6) is -4.39. The molecule has 0 bridgehead atoms. The van der Waals surface area contributed by atoms with Crippen molar-refractivity contribution >= 4 is 11.8 Å². The van der Waals surface area contributed by atoms with E-state index in [4.69, 9.17) is 9.47 Å². The summed E-state index contributed by atoms with van der Waals surface area (Å²) in [7, 11) is 1.23. The maximum Gasteiger partial charge on any atom is 0.433 e. The van der Waals surface area contributed by atoms with E-state index in [-0.39, 0.29) is 60.2 Å². The molecule has 2 aromatic heterocycles. The molecule has 2 aromatic rings. The van der Waals surface area contributed by atoms with Gasteiger partial charge in [0, 0.05) is 31.5 Å². The molecule has 0 saturated carbocycles. The van der Waals surface area contributed by atoms with Crippen molar-refractivity contribution in [3.8, 4) is 17.0 Å². The summed E-state index contributed by atoms with van der Waals surface area (Å²) in [4.78, 5) is 33.9. The van der Waals surface area contributed by atoms with Crippen LogP contribution in [-0.4, -0.2) is 48.7 Å². The third kappa shape index (κ3) is 5.40. The highest BCUT2D eigenvalue weighted by atomic mass is 19.4. The van der Waals surface area contributed by atoms with E-state index >= 15 is 0 Å². The Labute approximate surface area is 198 Å². The zero-order valence-electron chi connectivity index (χ0n) is 19.7. The average Bonchev–Trinajstić information content (AvgIpc) is 2.93. The Morgan fingerprint density at radius 3 is 2.51 bits per heavy atom. The number of esters is 1. The molecule has 0 atom stereocenters. The summed E-state index contributed by atoms with van der Waals surface area (Å²) in [6, 6.07) is 1.15. The number of pyridine rings is 2. The number of aromatic amines is 1. The average molecular weight is 503 g/mol. The number of nitrogens with one attached hydrogen (secondary N) is 1. The highest BCUT2D eigenvalue weighted by Crippen LogP contribution is 2.39. The maximum absolute atomic E-state index is 14.0. The minimum Gasteiger partial charge on any atom is -0.491 e. The SMILES string of the molecule is CCOC(=O)c1c(-c2cc(C)c(C(F)(F)F)nc2N2CCCC(F)(F)CC2)[nH]c(C)c(OC)c1=O. The van der Waals surface area contributed by atoms with Crippen LogP contribution >= 0.6 is 0 Å². The number of aryl methyl sites for hydroxylation is 2. The van der Waals surface area contributed by atoms with Gasteiger partial charge in [0.25, 0.3) is 0 Å². The number of hydrogen-bond donors (Lipinski definition) is 1. The Kier molecular flexibility index (Phi) is 7.42. The number of halogens is 5. The molecule has 0 unspecified atom stereocenters. The maximum atomic E-state index is 14.0. The minimum atomic E-state index is -4.81. The van der Waals surface area contributed by atoms with Gasteiger partial charge in [0.2, 0.25) is 11.4 Å². The molecule has 0 amide bonds. The molecule has 3 heterocycles. The lowest BCUT2D eigenvalue weighted by atomic mass is 10.0. The van der Waals surface area contributed by atoms with Crippen molar-refractivity contribution in [2.45, 2.75) is 52.1 Å². The normalized spacial score (nSPS) is 16.1. The Morgan fingerprint density at radius 2 is 1.91 bits per heavy atom. The van der Waals surface area contributed by atoms with Gasteiger partial charge < -0.3 is 19.4 Å². The number of anilines is 1. The molecule has 0 aliphatic carbocycles. The lowest BCUT2D eigenvalue weighted by Crippen LogP contribution is -2.29. The van der Waals surface area contributed by atoms with Crippen molar-refractivity contribution in [3.05, 3.63) is 38.8 Å². The van der Waals surface area contributed by atoms with Crippen molar-refractivity contribution in [2.24, 2.45) is 0 Å². The summed E-state index contributed by atoms with van der Waals surface area (Å²) < 4.78 is 79.3. The molecule has 192 valence electrons. The Morgan fingerprint density at radius 1 is 1.23 bits per heavy atom. The van der Waals surface area contributed by atoms with Crippen LogP contribution in [0.1, 0.15) is 53.5 Å². The van der Waals surface area contributed by atoms with Gasteiger partial charge in [-0.25, -0.2) is 18.6 Å². The van der Waals surface area contributed by atoms with Crippen molar-refractivity contribution in [3.63, 3.8) is 0 Å². The van der Waals surface area contributed by atoms with Crippen LogP contribution in [0, 0.1) is 13.8 Å². The zero-order valence-corrected chi connectivity index (χ0v) is 19.7. The van der Waals surface area contributed by atoms with Crippen LogP contribution in [0.15, 0.2) is 10.9 Å². The van der Waals surface area contributed by atoms with Crippen molar-refractivity contribution in [2.75, 3.05) is 31.7 Å². The van der Waals surface area contributed by atoms with Gasteiger partial charge in [-0.1, -0.05) is 0 Å². The Balaban J connectivity index is 2.35. The molecule has 1 saturated heterocycles. The van der Waals surface area contributed by atoms with Gasteiger partial charge in [-0.05, 0) is 38.8 Å². The number of ether oxygens (including phenoxy) is 2. The van der Waals surface area contributed by atoms with Gasteiger partial charge >= 0.3 is 12.1 Å². The second-order valence-corrected chi connectivity index (χ2v) is 8.30. The standard InChI is InChI=1S/C23H26F5N3O4/c1-5-35-21(33)15-16(29-13(3)18(34-4)17(15)32)14-11-12(2)19(23(26,27)28)30-20(14)31-9-6-7-22(24,25)8-10-31/h11H,5-10H2,1-4H3,(H,29,32). The van der Waals surface area contributed by atoms with E-state index in [1.807, 2.05) is 0 Å². The number of alkyl halides is 5. The van der Waals surface area contributed by atoms with Gasteiger partial charge in [0.05, 0.1) is 25.1 Å². The van der Waals surface area contributed by atoms with Crippen LogP contribution < -0.4 is 15.1 Å². The molecule has 1 aliphatic rings. The van der Waals surface area contributed by atoms with E-state index in [2.05, 4.69) is 9.97 Å². The lowest BCUT2D eigenvalue weighted by molar-refractivity contribution is -0.141. The van der Waals surface area contributed by atoms with Crippen LogP contribution in [0.3, 0.4) is 0 Å². The summed E-state index contributed by atoms with van der Waals surface area (Å²) in [5.41, 5.74) is -2.65. The van der Waals surface area contributed by atoms with Crippen LogP contribution in [-0.2, 0) is 10.9 Å². The third-order valence-electron chi connectivity index (χ3n) is 5.77. The quantitative estimate of drug-likeness (QED) is 0.463. The number of H-pyrrole nitrogens is 1. The number of aromatic nitrogens is 2. The molecule has 0 spiro atoms. The topological polar surface area (TPSA) is 84.5 Å². The molecule has 1 N–H and O–H groups in total. The van der Waals surface area contributed by atoms with Crippen LogP contribution in [0.5, 0.6) is 5.75 Å². The monoisotopic (exact) mass is 503 g/mol. The third-order valence-corrected chi connectivity index (χ3v) is 5.77. The van der Waals surface area contributed by atoms with Gasteiger partial charge in [-0.3, -0.25) is 4.79 Å².